The summed E-state index contributed by atoms with van der Waals surface area (Å²) in [6.07, 6.45) is 6.02. The monoisotopic (exact) mass is 304 g/mol. The fraction of sp³-hybridized carbons (Fsp3) is 0.529. The van der Waals surface area contributed by atoms with E-state index < -0.39 is 17.9 Å². The van der Waals surface area contributed by atoms with Crippen molar-refractivity contribution in [3.8, 4) is 0 Å². The predicted octanol–water partition coefficient (Wildman–Crippen LogP) is 2.56. The topological polar surface area (TPSA) is 78.4 Å². The number of carbonyl (C=O) groups is 2. The summed E-state index contributed by atoms with van der Waals surface area (Å²) in [5.41, 5.74) is 1.70. The molecule has 5 heteroatoms. The molecule has 1 unspecified atom stereocenters. The van der Waals surface area contributed by atoms with Crippen LogP contribution in [0.25, 0.3) is 0 Å². The second-order valence-corrected chi connectivity index (χ2v) is 5.77. The van der Waals surface area contributed by atoms with Crippen LogP contribution in [0.5, 0.6) is 0 Å². The molecular weight excluding hydrogens is 280 g/mol. The third-order valence-corrected chi connectivity index (χ3v) is 4.16. The molecule has 0 heterocycles. The number of aliphatic carboxylic acids is 1. The van der Waals surface area contributed by atoms with E-state index in [-0.39, 0.29) is 6.04 Å². The molecular formula is C17H24N2O3. The van der Waals surface area contributed by atoms with E-state index in [0.717, 1.165) is 37.7 Å². The lowest BCUT2D eigenvalue weighted by molar-refractivity contribution is -0.142. The molecule has 0 aliphatic heterocycles. The molecule has 1 aliphatic carbocycles. The number of aryl methyl sites for hydroxylation is 1. The second-order valence-electron chi connectivity index (χ2n) is 5.77. The maximum absolute atomic E-state index is 12.3. The number of anilines is 1. The van der Waals surface area contributed by atoms with Gasteiger partial charge in [0.05, 0.1) is 0 Å². The van der Waals surface area contributed by atoms with Crippen molar-refractivity contribution in [2.24, 2.45) is 0 Å². The van der Waals surface area contributed by atoms with Crippen molar-refractivity contribution in [3.63, 3.8) is 0 Å². The number of rotatable bonds is 6. The third-order valence-electron chi connectivity index (χ3n) is 4.16. The summed E-state index contributed by atoms with van der Waals surface area (Å²) in [6, 6.07) is 6.32. The normalized spacial score (nSPS) is 16.8. The Hall–Kier alpha value is -2.04. The number of benzene rings is 1. The zero-order valence-electron chi connectivity index (χ0n) is 13.0. The minimum Gasteiger partial charge on any atom is -0.479 e. The number of amides is 1. The highest BCUT2D eigenvalue weighted by molar-refractivity contribution is 6.04. The lowest BCUT2D eigenvalue weighted by Gasteiger charge is -2.25. The average Bonchev–Trinajstić information content (AvgIpc) is 2.53. The van der Waals surface area contributed by atoms with Gasteiger partial charge in [0.25, 0.3) is 5.91 Å². The first-order chi connectivity index (χ1) is 10.6. The van der Waals surface area contributed by atoms with Crippen molar-refractivity contribution in [1.29, 1.82) is 0 Å². The Balaban J connectivity index is 2.05. The molecule has 0 aromatic heterocycles. The van der Waals surface area contributed by atoms with Crippen LogP contribution in [-0.2, 0) is 16.0 Å². The lowest BCUT2D eigenvalue weighted by atomic mass is 9.95. The Morgan fingerprint density at radius 1 is 1.23 bits per heavy atom. The summed E-state index contributed by atoms with van der Waals surface area (Å²) < 4.78 is 0. The highest BCUT2D eigenvalue weighted by atomic mass is 16.4. The second kappa shape index (κ2) is 7.82. The molecule has 1 saturated carbocycles. The molecule has 0 radical (unpaired) electrons. The number of hydrogen-bond acceptors (Lipinski definition) is 3. The summed E-state index contributed by atoms with van der Waals surface area (Å²) in [4.78, 5) is 23.8. The van der Waals surface area contributed by atoms with Crippen molar-refractivity contribution in [2.75, 3.05) is 5.32 Å². The van der Waals surface area contributed by atoms with Crippen LogP contribution < -0.4 is 10.6 Å². The molecule has 1 amide bonds. The van der Waals surface area contributed by atoms with Crippen LogP contribution in [0.2, 0.25) is 0 Å². The van der Waals surface area contributed by atoms with E-state index in [1.807, 2.05) is 31.2 Å². The minimum absolute atomic E-state index is 0.103. The van der Waals surface area contributed by atoms with Crippen LogP contribution in [0.4, 0.5) is 5.69 Å². The van der Waals surface area contributed by atoms with E-state index in [1.165, 1.54) is 6.42 Å². The molecule has 5 nitrogen and oxygen atoms in total. The molecule has 0 bridgehead atoms. The van der Waals surface area contributed by atoms with Crippen LogP contribution in [-0.4, -0.2) is 29.1 Å². The van der Waals surface area contributed by atoms with Gasteiger partial charge in [0.2, 0.25) is 6.04 Å². The number of para-hydroxylation sites is 1. The van der Waals surface area contributed by atoms with E-state index in [9.17, 15) is 14.7 Å². The molecule has 1 atom stereocenters. The van der Waals surface area contributed by atoms with Gasteiger partial charge in [-0.05, 0) is 30.9 Å². The molecule has 1 aromatic carbocycles. The number of hydrogen-bond donors (Lipinski definition) is 3. The third kappa shape index (κ3) is 4.23. The highest BCUT2D eigenvalue weighted by Gasteiger charge is 2.28. The van der Waals surface area contributed by atoms with Gasteiger partial charge >= 0.3 is 5.97 Å². The van der Waals surface area contributed by atoms with Crippen LogP contribution in [0, 0.1) is 0 Å². The van der Waals surface area contributed by atoms with Gasteiger partial charge in [-0.15, -0.1) is 0 Å². The average molecular weight is 304 g/mol. The van der Waals surface area contributed by atoms with Crippen molar-refractivity contribution in [3.05, 3.63) is 29.8 Å². The van der Waals surface area contributed by atoms with Gasteiger partial charge in [-0.3, -0.25) is 4.79 Å². The van der Waals surface area contributed by atoms with Gasteiger partial charge in [-0.25, -0.2) is 4.79 Å². The summed E-state index contributed by atoms with van der Waals surface area (Å²) in [6.45, 7) is 2.00. The minimum atomic E-state index is -1.25. The van der Waals surface area contributed by atoms with Crippen molar-refractivity contribution < 1.29 is 14.7 Å². The van der Waals surface area contributed by atoms with Crippen LogP contribution in [0.1, 0.15) is 44.6 Å². The number of carboxylic acid groups (broad SMARTS) is 1. The number of nitrogens with one attached hydrogen (secondary N) is 2. The summed E-state index contributed by atoms with van der Waals surface area (Å²) in [5, 5.41) is 15.1. The fourth-order valence-corrected chi connectivity index (χ4v) is 2.90. The van der Waals surface area contributed by atoms with Gasteiger partial charge in [0, 0.05) is 11.7 Å². The molecule has 0 saturated heterocycles. The van der Waals surface area contributed by atoms with Crippen LogP contribution in [0.15, 0.2) is 24.3 Å². The smallest absolute Gasteiger partial charge is 0.336 e. The molecule has 1 aliphatic rings. The number of carboxylic acids is 1. The SMILES string of the molecule is CCc1ccccc1NC(C(=O)O)C(=O)NC1CCCCC1. The zero-order chi connectivity index (χ0) is 15.9. The Morgan fingerprint density at radius 2 is 1.91 bits per heavy atom. The van der Waals surface area contributed by atoms with E-state index >= 15 is 0 Å². The standard InChI is InChI=1S/C17H24N2O3/c1-2-12-8-6-7-11-14(12)19-15(17(21)22)16(20)18-13-9-4-3-5-10-13/h6-8,11,13,15,19H,2-5,9-10H2,1H3,(H,18,20)(H,21,22). The molecule has 3 N–H and O–H groups in total. The van der Waals surface area contributed by atoms with E-state index in [2.05, 4.69) is 10.6 Å². The molecule has 1 fully saturated rings. The van der Waals surface area contributed by atoms with Crippen molar-refractivity contribution in [2.45, 2.75) is 57.5 Å². The first kappa shape index (κ1) is 16.3. The van der Waals surface area contributed by atoms with Crippen LogP contribution in [0.3, 0.4) is 0 Å². The Morgan fingerprint density at radius 3 is 2.55 bits per heavy atom. The maximum atomic E-state index is 12.3. The Labute approximate surface area is 131 Å². The molecule has 2 rings (SSSR count). The van der Waals surface area contributed by atoms with Gasteiger partial charge in [0.1, 0.15) is 0 Å². The molecule has 0 spiro atoms. The zero-order valence-corrected chi connectivity index (χ0v) is 13.0. The van der Waals surface area contributed by atoms with Gasteiger partial charge in [0.15, 0.2) is 0 Å². The number of carbonyl (C=O) groups excluding carboxylic acids is 1. The Kier molecular flexibility index (Phi) is 5.81. The first-order valence-electron chi connectivity index (χ1n) is 7.99. The summed E-state index contributed by atoms with van der Waals surface area (Å²) >= 11 is 0. The van der Waals surface area contributed by atoms with Gasteiger partial charge in [-0.1, -0.05) is 44.4 Å². The van der Waals surface area contributed by atoms with E-state index in [0.29, 0.717) is 5.69 Å². The Bertz CT molecular complexity index is 524. The maximum Gasteiger partial charge on any atom is 0.336 e. The molecule has 22 heavy (non-hydrogen) atoms. The summed E-state index contributed by atoms with van der Waals surface area (Å²) in [7, 11) is 0. The van der Waals surface area contributed by atoms with Crippen molar-refractivity contribution >= 4 is 17.6 Å². The van der Waals surface area contributed by atoms with Crippen molar-refractivity contribution in [1.82, 2.24) is 5.32 Å². The first-order valence-corrected chi connectivity index (χ1v) is 7.99. The van der Waals surface area contributed by atoms with Gasteiger partial charge in [-0.2, -0.15) is 0 Å². The van der Waals surface area contributed by atoms with E-state index in [4.69, 9.17) is 0 Å². The predicted molar refractivity (Wildman–Crippen MR) is 85.9 cm³/mol. The molecule has 1 aromatic rings. The van der Waals surface area contributed by atoms with E-state index in [1.54, 1.807) is 0 Å². The summed E-state index contributed by atoms with van der Waals surface area (Å²) in [5.74, 6) is -1.61. The van der Waals surface area contributed by atoms with Gasteiger partial charge < -0.3 is 15.7 Å². The fourth-order valence-electron chi connectivity index (χ4n) is 2.90. The highest BCUT2D eigenvalue weighted by Crippen LogP contribution is 2.19. The van der Waals surface area contributed by atoms with Crippen LogP contribution >= 0.6 is 0 Å². The largest absolute Gasteiger partial charge is 0.479 e. The molecule has 120 valence electrons. The lowest BCUT2D eigenvalue weighted by Crippen LogP contribution is -2.49. The quantitative estimate of drug-likeness (QED) is 0.706.